The maximum absolute atomic E-state index is 13.8. The molecule has 0 fully saturated rings. The predicted octanol–water partition coefficient (Wildman–Crippen LogP) is 2.47. The number of rotatable bonds is 16. The number of ether oxygens (including phenoxy) is 1. The molecule has 28 heavy (non-hydrogen) atoms. The van der Waals surface area contributed by atoms with Crippen LogP contribution < -0.4 is 27.3 Å². The van der Waals surface area contributed by atoms with Crippen molar-refractivity contribution in [1.82, 2.24) is 5.32 Å². The minimum atomic E-state index is -0.484. The maximum atomic E-state index is 13.8. The fourth-order valence-electron chi connectivity index (χ4n) is 2.72. The van der Waals surface area contributed by atoms with E-state index in [1.165, 1.54) is 44.2 Å². The van der Waals surface area contributed by atoms with Gasteiger partial charge in [0.25, 0.3) is 0 Å². The van der Waals surface area contributed by atoms with Gasteiger partial charge in [-0.15, -0.1) is 0 Å². The zero-order chi connectivity index (χ0) is 20.6. The number of hydrogen-bond acceptors (Lipinski definition) is 4. The van der Waals surface area contributed by atoms with E-state index in [1.807, 2.05) is 0 Å². The summed E-state index contributed by atoms with van der Waals surface area (Å²) in [6, 6.07) is 4.33. The van der Waals surface area contributed by atoms with Crippen LogP contribution in [-0.2, 0) is 0 Å². The maximum Gasteiger partial charge on any atom is 0.185 e. The molecule has 1 aromatic rings. The Hall–Kier alpha value is -2.35. The number of guanidine groups is 1. The van der Waals surface area contributed by atoms with Crippen LogP contribution in [-0.4, -0.2) is 38.0 Å². The summed E-state index contributed by atoms with van der Waals surface area (Å²) >= 11 is 0. The monoisotopic (exact) mass is 394 g/mol. The van der Waals surface area contributed by atoms with E-state index in [1.54, 1.807) is 6.07 Å². The van der Waals surface area contributed by atoms with Gasteiger partial charge in [0, 0.05) is 12.1 Å². The van der Waals surface area contributed by atoms with Gasteiger partial charge in [0.05, 0.1) is 6.61 Å². The molecule has 1 rings (SSSR count). The highest BCUT2D eigenvalue weighted by molar-refractivity contribution is 5.95. The third kappa shape index (κ3) is 11.4. The summed E-state index contributed by atoms with van der Waals surface area (Å²) in [5, 5.41) is 10.7. The SMILES string of the molecule is N=C(N)c1ccc(OCCCCNCCCCCCCCN=C(N)N)c(F)c1. The van der Waals surface area contributed by atoms with Crippen molar-refractivity contribution in [1.29, 1.82) is 5.41 Å². The zero-order valence-corrected chi connectivity index (χ0v) is 16.7. The Bertz CT molecular complexity index is 604. The molecular weight excluding hydrogens is 359 g/mol. The lowest BCUT2D eigenvalue weighted by atomic mass is 10.1. The third-order valence-corrected chi connectivity index (χ3v) is 4.30. The Kier molecular flexibility index (Phi) is 12.4. The van der Waals surface area contributed by atoms with Crippen LogP contribution in [0.5, 0.6) is 5.75 Å². The molecular formula is C20H35FN6O. The molecule has 0 saturated carbocycles. The molecule has 0 aliphatic rings. The van der Waals surface area contributed by atoms with Crippen molar-refractivity contribution in [3.63, 3.8) is 0 Å². The molecule has 0 aromatic heterocycles. The molecule has 0 bridgehead atoms. The molecule has 158 valence electrons. The van der Waals surface area contributed by atoms with Crippen molar-refractivity contribution in [2.45, 2.75) is 51.4 Å². The summed E-state index contributed by atoms with van der Waals surface area (Å²) < 4.78 is 19.3. The Balaban J connectivity index is 1.91. The lowest BCUT2D eigenvalue weighted by Crippen LogP contribution is -2.22. The molecule has 0 atom stereocenters. The average molecular weight is 395 g/mol. The van der Waals surface area contributed by atoms with Gasteiger partial charge < -0.3 is 27.3 Å². The van der Waals surface area contributed by atoms with Gasteiger partial charge in [0.15, 0.2) is 17.5 Å². The fraction of sp³-hybridized carbons (Fsp3) is 0.600. The van der Waals surface area contributed by atoms with Gasteiger partial charge in [-0.2, -0.15) is 0 Å². The molecule has 0 heterocycles. The summed E-state index contributed by atoms with van der Waals surface area (Å²) in [6.07, 6.45) is 8.93. The van der Waals surface area contributed by atoms with E-state index >= 15 is 0 Å². The first-order valence-corrected chi connectivity index (χ1v) is 10.0. The molecule has 0 saturated heterocycles. The number of halogens is 1. The van der Waals surface area contributed by atoms with Gasteiger partial charge in [-0.1, -0.05) is 25.7 Å². The lowest BCUT2D eigenvalue weighted by Gasteiger charge is -2.09. The number of unbranched alkanes of at least 4 members (excludes halogenated alkanes) is 6. The molecule has 8 N–H and O–H groups in total. The summed E-state index contributed by atoms with van der Waals surface area (Å²) in [4.78, 5) is 3.97. The molecule has 0 amide bonds. The van der Waals surface area contributed by atoms with Crippen LogP contribution in [0.25, 0.3) is 0 Å². The second kappa shape index (κ2) is 14.7. The van der Waals surface area contributed by atoms with Crippen LogP contribution in [0, 0.1) is 11.2 Å². The van der Waals surface area contributed by atoms with Gasteiger partial charge in [-0.3, -0.25) is 10.4 Å². The topological polar surface area (TPSA) is 136 Å². The Labute approximate surface area is 167 Å². The first-order chi connectivity index (χ1) is 13.5. The van der Waals surface area contributed by atoms with Gasteiger partial charge in [-0.05, 0) is 57.0 Å². The molecule has 8 heteroatoms. The number of amidine groups is 1. The van der Waals surface area contributed by atoms with Crippen LogP contribution in [0.4, 0.5) is 4.39 Å². The highest BCUT2D eigenvalue weighted by atomic mass is 19.1. The van der Waals surface area contributed by atoms with E-state index in [0.29, 0.717) is 12.2 Å². The van der Waals surface area contributed by atoms with E-state index in [4.69, 9.17) is 27.3 Å². The van der Waals surface area contributed by atoms with Gasteiger partial charge in [-0.25, -0.2) is 4.39 Å². The van der Waals surface area contributed by atoms with Crippen molar-refractivity contribution in [3.05, 3.63) is 29.6 Å². The van der Waals surface area contributed by atoms with Crippen molar-refractivity contribution in [3.8, 4) is 5.75 Å². The molecule has 0 spiro atoms. The number of hydrogen-bond donors (Lipinski definition) is 5. The van der Waals surface area contributed by atoms with Crippen molar-refractivity contribution in [2.24, 2.45) is 22.2 Å². The quantitative estimate of drug-likeness (QED) is 0.167. The Morgan fingerprint density at radius 1 is 0.964 bits per heavy atom. The second-order valence-electron chi connectivity index (χ2n) is 6.79. The molecule has 0 aliphatic carbocycles. The van der Waals surface area contributed by atoms with Crippen LogP contribution in [0.15, 0.2) is 23.2 Å². The molecule has 0 unspecified atom stereocenters. The molecule has 0 aliphatic heterocycles. The number of aliphatic imine (C=N–C) groups is 1. The first-order valence-electron chi connectivity index (χ1n) is 10.0. The third-order valence-electron chi connectivity index (χ3n) is 4.30. The smallest absolute Gasteiger partial charge is 0.185 e. The van der Waals surface area contributed by atoms with Crippen molar-refractivity contribution < 1.29 is 9.13 Å². The van der Waals surface area contributed by atoms with Crippen LogP contribution in [0.3, 0.4) is 0 Å². The molecule has 0 radical (unpaired) electrons. The highest BCUT2D eigenvalue weighted by Crippen LogP contribution is 2.18. The molecule has 7 nitrogen and oxygen atoms in total. The van der Waals surface area contributed by atoms with E-state index in [2.05, 4.69) is 10.3 Å². The summed E-state index contributed by atoms with van der Waals surface area (Å²) in [5.74, 6) is -0.259. The van der Waals surface area contributed by atoms with Crippen LogP contribution in [0.2, 0.25) is 0 Å². The standard InChI is InChI=1S/C20H35FN6O/c21-17-15-16(19(22)23)9-10-18(17)28-14-8-7-12-26-11-5-3-1-2-4-6-13-27-20(24)25/h9-10,15,26H,1-8,11-14H2,(H3,22,23)(H4,24,25,27). The van der Waals surface area contributed by atoms with E-state index in [9.17, 15) is 4.39 Å². The molecule has 1 aromatic carbocycles. The van der Waals surface area contributed by atoms with Crippen molar-refractivity contribution >= 4 is 11.8 Å². The number of nitrogens with two attached hydrogens (primary N) is 3. The van der Waals surface area contributed by atoms with Gasteiger partial charge in [0.1, 0.15) is 5.84 Å². The largest absolute Gasteiger partial charge is 0.491 e. The number of nitrogens with one attached hydrogen (secondary N) is 2. The van der Waals surface area contributed by atoms with E-state index in [0.717, 1.165) is 38.9 Å². The Morgan fingerprint density at radius 3 is 2.25 bits per heavy atom. The minimum Gasteiger partial charge on any atom is -0.491 e. The fourth-order valence-corrected chi connectivity index (χ4v) is 2.72. The normalized spacial score (nSPS) is 10.6. The highest BCUT2D eigenvalue weighted by Gasteiger charge is 2.06. The number of nitrogen functional groups attached to an aromatic ring is 1. The summed E-state index contributed by atoms with van der Waals surface area (Å²) in [6.45, 7) is 3.16. The first kappa shape index (κ1) is 23.7. The zero-order valence-electron chi connectivity index (χ0n) is 16.7. The van der Waals surface area contributed by atoms with Crippen LogP contribution in [0.1, 0.15) is 56.9 Å². The summed E-state index contributed by atoms with van der Waals surface area (Å²) in [7, 11) is 0. The minimum absolute atomic E-state index is 0.153. The predicted molar refractivity (Wildman–Crippen MR) is 113 cm³/mol. The van der Waals surface area contributed by atoms with E-state index < -0.39 is 5.82 Å². The summed E-state index contributed by atoms with van der Waals surface area (Å²) in [5.41, 5.74) is 16.2. The van der Waals surface area contributed by atoms with Crippen LogP contribution >= 0.6 is 0 Å². The number of nitrogens with zero attached hydrogens (tertiary/aromatic N) is 1. The van der Waals surface area contributed by atoms with E-state index in [-0.39, 0.29) is 17.5 Å². The second-order valence-corrected chi connectivity index (χ2v) is 6.79. The Morgan fingerprint density at radius 2 is 1.61 bits per heavy atom. The van der Waals surface area contributed by atoms with Gasteiger partial charge >= 0.3 is 0 Å². The lowest BCUT2D eigenvalue weighted by molar-refractivity contribution is 0.291. The number of benzene rings is 1. The van der Waals surface area contributed by atoms with Gasteiger partial charge in [0.2, 0.25) is 0 Å². The average Bonchev–Trinajstić information content (AvgIpc) is 2.65. The van der Waals surface area contributed by atoms with Crippen molar-refractivity contribution in [2.75, 3.05) is 26.2 Å².